The number of likely N-dealkylation sites (tertiary alicyclic amines) is 1. The Kier molecular flexibility index (Phi) is 5.35. The SMILES string of the molecule is CCc1nnc(NC(=O)c2ccc(CN3CCCCC3)cc2)s1. The number of amides is 1. The van der Waals surface area contributed by atoms with Crippen LogP contribution >= 0.6 is 11.3 Å². The third kappa shape index (κ3) is 4.36. The number of rotatable bonds is 5. The van der Waals surface area contributed by atoms with E-state index in [9.17, 15) is 4.79 Å². The van der Waals surface area contributed by atoms with Gasteiger partial charge in [-0.1, -0.05) is 36.8 Å². The highest BCUT2D eigenvalue weighted by Gasteiger charge is 2.12. The first-order valence-electron chi connectivity index (χ1n) is 8.19. The molecule has 0 bridgehead atoms. The van der Waals surface area contributed by atoms with Crippen molar-refractivity contribution in [1.29, 1.82) is 0 Å². The van der Waals surface area contributed by atoms with Gasteiger partial charge in [0.15, 0.2) is 0 Å². The summed E-state index contributed by atoms with van der Waals surface area (Å²) in [5.74, 6) is -0.131. The third-order valence-corrected chi connectivity index (χ3v) is 5.04. The lowest BCUT2D eigenvalue weighted by atomic mass is 10.1. The van der Waals surface area contributed by atoms with Crippen LogP contribution in [0.15, 0.2) is 24.3 Å². The Morgan fingerprint density at radius 3 is 2.57 bits per heavy atom. The van der Waals surface area contributed by atoms with E-state index in [-0.39, 0.29) is 5.91 Å². The predicted molar refractivity (Wildman–Crippen MR) is 92.8 cm³/mol. The molecule has 1 aliphatic heterocycles. The molecule has 0 radical (unpaired) electrons. The van der Waals surface area contributed by atoms with E-state index in [1.54, 1.807) is 0 Å². The summed E-state index contributed by atoms with van der Waals surface area (Å²) in [5, 5.41) is 12.3. The zero-order valence-electron chi connectivity index (χ0n) is 13.4. The fourth-order valence-electron chi connectivity index (χ4n) is 2.75. The van der Waals surface area contributed by atoms with E-state index in [1.165, 1.54) is 49.3 Å². The van der Waals surface area contributed by atoms with E-state index in [0.29, 0.717) is 10.7 Å². The summed E-state index contributed by atoms with van der Waals surface area (Å²) in [6.07, 6.45) is 4.77. The van der Waals surface area contributed by atoms with Crippen molar-refractivity contribution in [3.8, 4) is 0 Å². The highest BCUT2D eigenvalue weighted by Crippen LogP contribution is 2.17. The fraction of sp³-hybridized carbons (Fsp3) is 0.471. The van der Waals surface area contributed by atoms with Gasteiger partial charge in [-0.05, 0) is 50.0 Å². The molecule has 2 aromatic rings. The van der Waals surface area contributed by atoms with Gasteiger partial charge in [-0.3, -0.25) is 15.0 Å². The van der Waals surface area contributed by atoms with E-state index in [2.05, 4.69) is 20.4 Å². The molecule has 1 aromatic heterocycles. The van der Waals surface area contributed by atoms with Gasteiger partial charge in [0.2, 0.25) is 5.13 Å². The highest BCUT2D eigenvalue weighted by atomic mass is 32.1. The van der Waals surface area contributed by atoms with Crippen molar-refractivity contribution < 1.29 is 4.79 Å². The van der Waals surface area contributed by atoms with Gasteiger partial charge in [-0.15, -0.1) is 10.2 Å². The molecule has 2 heterocycles. The molecule has 0 saturated carbocycles. The maximum absolute atomic E-state index is 12.2. The minimum Gasteiger partial charge on any atom is -0.299 e. The van der Waals surface area contributed by atoms with Crippen LogP contribution in [0.2, 0.25) is 0 Å². The molecule has 122 valence electrons. The average molecular weight is 330 g/mol. The molecule has 1 N–H and O–H groups in total. The van der Waals surface area contributed by atoms with Crippen LogP contribution in [0.1, 0.15) is 47.1 Å². The number of piperidine rings is 1. The third-order valence-electron chi connectivity index (χ3n) is 4.06. The van der Waals surface area contributed by atoms with E-state index >= 15 is 0 Å². The minimum absolute atomic E-state index is 0.131. The maximum Gasteiger partial charge on any atom is 0.257 e. The molecule has 0 atom stereocenters. The molecule has 23 heavy (non-hydrogen) atoms. The zero-order chi connectivity index (χ0) is 16.1. The van der Waals surface area contributed by atoms with Crippen molar-refractivity contribution in [3.05, 3.63) is 40.4 Å². The van der Waals surface area contributed by atoms with E-state index in [0.717, 1.165) is 18.0 Å². The molecule has 6 heteroatoms. The van der Waals surface area contributed by atoms with Crippen LogP contribution in [0.3, 0.4) is 0 Å². The van der Waals surface area contributed by atoms with E-state index in [1.807, 2.05) is 31.2 Å². The van der Waals surface area contributed by atoms with Crippen molar-refractivity contribution in [2.75, 3.05) is 18.4 Å². The number of nitrogens with one attached hydrogen (secondary N) is 1. The van der Waals surface area contributed by atoms with Gasteiger partial charge in [-0.2, -0.15) is 0 Å². The maximum atomic E-state index is 12.2. The van der Waals surface area contributed by atoms with Crippen LogP contribution in [-0.2, 0) is 13.0 Å². The Labute approximate surface area is 140 Å². The highest BCUT2D eigenvalue weighted by molar-refractivity contribution is 7.15. The smallest absolute Gasteiger partial charge is 0.257 e. The summed E-state index contributed by atoms with van der Waals surface area (Å²) in [7, 11) is 0. The predicted octanol–water partition coefficient (Wildman–Crippen LogP) is 3.34. The van der Waals surface area contributed by atoms with Crippen molar-refractivity contribution in [2.45, 2.75) is 39.2 Å². The number of benzene rings is 1. The van der Waals surface area contributed by atoms with Crippen molar-refractivity contribution >= 4 is 22.4 Å². The quantitative estimate of drug-likeness (QED) is 0.913. The summed E-state index contributed by atoms with van der Waals surface area (Å²) in [5.41, 5.74) is 1.91. The van der Waals surface area contributed by atoms with Gasteiger partial charge >= 0.3 is 0 Å². The molecular formula is C17H22N4OS. The second-order valence-electron chi connectivity index (χ2n) is 5.84. The Morgan fingerprint density at radius 2 is 1.91 bits per heavy atom. The van der Waals surface area contributed by atoms with Crippen molar-refractivity contribution in [2.24, 2.45) is 0 Å². The average Bonchev–Trinajstić information content (AvgIpc) is 3.04. The van der Waals surface area contributed by atoms with Crippen LogP contribution < -0.4 is 5.32 Å². The first kappa shape index (κ1) is 16.1. The molecular weight excluding hydrogens is 308 g/mol. The number of aromatic nitrogens is 2. The first-order valence-corrected chi connectivity index (χ1v) is 9.01. The van der Waals surface area contributed by atoms with Crippen molar-refractivity contribution in [1.82, 2.24) is 15.1 Å². The molecule has 1 saturated heterocycles. The Bertz CT molecular complexity index is 647. The van der Waals surface area contributed by atoms with Gasteiger partial charge in [-0.25, -0.2) is 0 Å². The minimum atomic E-state index is -0.131. The number of hydrogen-bond donors (Lipinski definition) is 1. The van der Waals surface area contributed by atoms with Crippen LogP contribution in [0.25, 0.3) is 0 Å². The Hall–Kier alpha value is -1.79. The lowest BCUT2D eigenvalue weighted by Crippen LogP contribution is -2.29. The largest absolute Gasteiger partial charge is 0.299 e. The van der Waals surface area contributed by atoms with Gasteiger partial charge < -0.3 is 0 Å². The fourth-order valence-corrected chi connectivity index (χ4v) is 3.43. The van der Waals surface area contributed by atoms with Gasteiger partial charge in [0.1, 0.15) is 5.01 Å². The second-order valence-corrected chi connectivity index (χ2v) is 6.90. The normalized spacial score (nSPS) is 15.5. The summed E-state index contributed by atoms with van der Waals surface area (Å²) in [6, 6.07) is 7.86. The summed E-state index contributed by atoms with van der Waals surface area (Å²) >= 11 is 1.42. The second kappa shape index (κ2) is 7.66. The summed E-state index contributed by atoms with van der Waals surface area (Å²) in [6.45, 7) is 5.35. The molecule has 0 spiro atoms. The molecule has 1 aliphatic rings. The Balaban J connectivity index is 1.58. The van der Waals surface area contributed by atoms with E-state index < -0.39 is 0 Å². The summed E-state index contributed by atoms with van der Waals surface area (Å²) < 4.78 is 0. The lowest BCUT2D eigenvalue weighted by molar-refractivity contribution is 0.102. The molecule has 5 nitrogen and oxygen atoms in total. The number of carbonyl (C=O) groups is 1. The standard InChI is InChI=1S/C17H22N4OS/c1-2-15-19-20-17(23-15)18-16(22)14-8-6-13(7-9-14)12-21-10-4-3-5-11-21/h6-9H,2-5,10-12H2,1H3,(H,18,20,22). The van der Waals surface area contributed by atoms with Gasteiger partial charge in [0.05, 0.1) is 0 Å². The number of hydrogen-bond acceptors (Lipinski definition) is 5. The topological polar surface area (TPSA) is 58.1 Å². The van der Waals surface area contributed by atoms with E-state index in [4.69, 9.17) is 0 Å². The molecule has 3 rings (SSSR count). The number of nitrogens with zero attached hydrogens (tertiary/aromatic N) is 3. The van der Waals surface area contributed by atoms with Crippen LogP contribution in [0, 0.1) is 0 Å². The number of anilines is 1. The summed E-state index contributed by atoms with van der Waals surface area (Å²) in [4.78, 5) is 14.7. The number of aryl methyl sites for hydroxylation is 1. The van der Waals surface area contributed by atoms with Crippen LogP contribution in [0.4, 0.5) is 5.13 Å². The molecule has 1 aromatic carbocycles. The van der Waals surface area contributed by atoms with Crippen molar-refractivity contribution in [3.63, 3.8) is 0 Å². The molecule has 1 amide bonds. The first-order chi connectivity index (χ1) is 11.2. The molecule has 0 aliphatic carbocycles. The zero-order valence-corrected chi connectivity index (χ0v) is 14.2. The number of carbonyl (C=O) groups excluding carboxylic acids is 1. The van der Waals surface area contributed by atoms with Crippen LogP contribution in [0.5, 0.6) is 0 Å². The monoisotopic (exact) mass is 330 g/mol. The molecule has 1 fully saturated rings. The lowest BCUT2D eigenvalue weighted by Gasteiger charge is -2.26. The molecule has 0 unspecified atom stereocenters. The van der Waals surface area contributed by atoms with Crippen LogP contribution in [-0.4, -0.2) is 34.1 Å². The van der Waals surface area contributed by atoms with Gasteiger partial charge in [0.25, 0.3) is 5.91 Å². The Morgan fingerprint density at radius 1 is 1.17 bits per heavy atom. The van der Waals surface area contributed by atoms with Gasteiger partial charge in [0, 0.05) is 12.1 Å².